The van der Waals surface area contributed by atoms with Crippen LogP contribution in [0.25, 0.3) is 0 Å². The molecule has 0 rings (SSSR count). The summed E-state index contributed by atoms with van der Waals surface area (Å²) in [7, 11) is 1.87. The van der Waals surface area contributed by atoms with Crippen LogP contribution < -0.4 is 5.32 Å². The SMILES string of the molecule is CCN(C(=O)OC(C)(C)C)[C@@H](C)CNC. The van der Waals surface area contributed by atoms with Crippen LogP contribution in [-0.2, 0) is 4.74 Å². The third-order valence-electron chi connectivity index (χ3n) is 2.00. The van der Waals surface area contributed by atoms with Gasteiger partial charge >= 0.3 is 6.09 Å². The molecule has 1 amide bonds. The molecule has 15 heavy (non-hydrogen) atoms. The van der Waals surface area contributed by atoms with Gasteiger partial charge in [0.1, 0.15) is 5.60 Å². The number of hydrogen-bond acceptors (Lipinski definition) is 3. The highest BCUT2D eigenvalue weighted by atomic mass is 16.6. The lowest BCUT2D eigenvalue weighted by atomic mass is 10.2. The molecule has 0 bridgehead atoms. The molecule has 1 N–H and O–H groups in total. The molecule has 0 heterocycles. The summed E-state index contributed by atoms with van der Waals surface area (Å²) < 4.78 is 5.32. The molecule has 4 nitrogen and oxygen atoms in total. The molecular formula is C11H24N2O2. The summed E-state index contributed by atoms with van der Waals surface area (Å²) in [6.45, 7) is 11.0. The van der Waals surface area contributed by atoms with Crippen molar-refractivity contribution in [2.24, 2.45) is 0 Å². The van der Waals surface area contributed by atoms with Gasteiger partial charge in [-0.2, -0.15) is 0 Å². The number of hydrogen-bond donors (Lipinski definition) is 1. The first-order valence-electron chi connectivity index (χ1n) is 5.46. The molecule has 0 aromatic heterocycles. The minimum atomic E-state index is -0.427. The normalized spacial score (nSPS) is 13.5. The van der Waals surface area contributed by atoms with E-state index in [9.17, 15) is 4.79 Å². The lowest BCUT2D eigenvalue weighted by molar-refractivity contribution is 0.0190. The van der Waals surface area contributed by atoms with Gasteiger partial charge in [-0.25, -0.2) is 4.79 Å². The Bertz CT molecular complexity index is 199. The van der Waals surface area contributed by atoms with Crippen LogP contribution in [0.4, 0.5) is 4.79 Å². The topological polar surface area (TPSA) is 41.6 Å². The zero-order valence-corrected chi connectivity index (χ0v) is 10.8. The Morgan fingerprint density at radius 1 is 1.47 bits per heavy atom. The van der Waals surface area contributed by atoms with Gasteiger partial charge in [0.25, 0.3) is 0 Å². The fourth-order valence-corrected chi connectivity index (χ4v) is 1.35. The predicted molar refractivity (Wildman–Crippen MR) is 62.0 cm³/mol. The van der Waals surface area contributed by atoms with Crippen LogP contribution in [0.3, 0.4) is 0 Å². The molecule has 0 unspecified atom stereocenters. The summed E-state index contributed by atoms with van der Waals surface area (Å²) in [5.74, 6) is 0. The third-order valence-corrected chi connectivity index (χ3v) is 2.00. The summed E-state index contributed by atoms with van der Waals surface area (Å²) in [4.78, 5) is 13.5. The predicted octanol–water partition coefficient (Wildman–Crippen LogP) is 1.85. The number of amides is 1. The van der Waals surface area contributed by atoms with Crippen molar-refractivity contribution in [3.63, 3.8) is 0 Å². The number of nitrogens with zero attached hydrogens (tertiary/aromatic N) is 1. The Kier molecular flexibility index (Phi) is 5.65. The zero-order valence-electron chi connectivity index (χ0n) is 10.8. The van der Waals surface area contributed by atoms with Crippen LogP contribution in [0.2, 0.25) is 0 Å². The van der Waals surface area contributed by atoms with Crippen LogP contribution in [0, 0.1) is 0 Å². The molecule has 0 fully saturated rings. The van der Waals surface area contributed by atoms with Gasteiger partial charge in [0.15, 0.2) is 0 Å². The maximum Gasteiger partial charge on any atom is 0.410 e. The maximum absolute atomic E-state index is 11.8. The van der Waals surface area contributed by atoms with Crippen molar-refractivity contribution in [3.05, 3.63) is 0 Å². The second-order valence-electron chi connectivity index (χ2n) is 4.67. The summed E-state index contributed by atoms with van der Waals surface area (Å²) in [6, 6.07) is 0.148. The lowest BCUT2D eigenvalue weighted by Crippen LogP contribution is -2.45. The summed E-state index contributed by atoms with van der Waals surface area (Å²) >= 11 is 0. The summed E-state index contributed by atoms with van der Waals surface area (Å²) in [6.07, 6.45) is -0.243. The van der Waals surface area contributed by atoms with Crippen molar-refractivity contribution in [3.8, 4) is 0 Å². The molecule has 4 heteroatoms. The van der Waals surface area contributed by atoms with Crippen molar-refractivity contribution < 1.29 is 9.53 Å². The Labute approximate surface area is 93.0 Å². The Balaban J connectivity index is 4.34. The fourth-order valence-electron chi connectivity index (χ4n) is 1.35. The van der Waals surface area contributed by atoms with E-state index in [2.05, 4.69) is 5.32 Å². The molecule has 90 valence electrons. The Morgan fingerprint density at radius 3 is 2.33 bits per heavy atom. The largest absolute Gasteiger partial charge is 0.444 e. The molecule has 0 radical (unpaired) electrons. The number of carbonyl (C=O) groups is 1. The average Bonchev–Trinajstić information content (AvgIpc) is 2.02. The Morgan fingerprint density at radius 2 is 2.00 bits per heavy atom. The van der Waals surface area contributed by atoms with E-state index in [1.807, 2.05) is 41.7 Å². The number of likely N-dealkylation sites (N-methyl/N-ethyl adjacent to an activating group) is 2. The molecule has 0 aromatic carbocycles. The minimum Gasteiger partial charge on any atom is -0.444 e. The van der Waals surface area contributed by atoms with Gasteiger partial charge in [-0.05, 0) is 41.7 Å². The van der Waals surface area contributed by atoms with E-state index in [4.69, 9.17) is 4.74 Å². The molecule has 0 spiro atoms. The highest BCUT2D eigenvalue weighted by Gasteiger charge is 2.24. The molecular weight excluding hydrogens is 192 g/mol. The van der Waals surface area contributed by atoms with E-state index in [0.29, 0.717) is 6.54 Å². The van der Waals surface area contributed by atoms with Crippen LogP contribution in [0.5, 0.6) is 0 Å². The van der Waals surface area contributed by atoms with Crippen LogP contribution in [0.15, 0.2) is 0 Å². The van der Waals surface area contributed by atoms with Gasteiger partial charge in [0.2, 0.25) is 0 Å². The van der Waals surface area contributed by atoms with Gasteiger partial charge in [-0.1, -0.05) is 0 Å². The first-order valence-corrected chi connectivity index (χ1v) is 5.46. The Hall–Kier alpha value is -0.770. The van der Waals surface area contributed by atoms with Crippen molar-refractivity contribution in [2.45, 2.75) is 46.3 Å². The highest BCUT2D eigenvalue weighted by molar-refractivity contribution is 5.68. The molecule has 0 saturated heterocycles. The zero-order chi connectivity index (χ0) is 12.1. The summed E-state index contributed by atoms with van der Waals surface area (Å²) in [5.41, 5.74) is -0.427. The minimum absolute atomic E-state index is 0.148. The average molecular weight is 216 g/mol. The quantitative estimate of drug-likeness (QED) is 0.779. The van der Waals surface area contributed by atoms with Gasteiger partial charge < -0.3 is 15.0 Å². The van der Waals surface area contributed by atoms with Crippen molar-refractivity contribution in [1.82, 2.24) is 10.2 Å². The van der Waals surface area contributed by atoms with Crippen molar-refractivity contribution in [2.75, 3.05) is 20.1 Å². The van der Waals surface area contributed by atoms with Gasteiger partial charge in [0.05, 0.1) is 0 Å². The molecule has 0 aliphatic heterocycles. The molecule has 0 aromatic rings. The number of ether oxygens (including phenoxy) is 1. The van der Waals surface area contributed by atoms with E-state index in [1.165, 1.54) is 0 Å². The molecule has 1 atom stereocenters. The van der Waals surface area contributed by atoms with E-state index >= 15 is 0 Å². The first kappa shape index (κ1) is 14.2. The molecule has 0 aliphatic rings. The second kappa shape index (κ2) is 5.95. The van der Waals surface area contributed by atoms with Gasteiger partial charge in [0, 0.05) is 19.1 Å². The van der Waals surface area contributed by atoms with E-state index in [0.717, 1.165) is 6.54 Å². The highest BCUT2D eigenvalue weighted by Crippen LogP contribution is 2.11. The smallest absolute Gasteiger partial charge is 0.410 e. The second-order valence-corrected chi connectivity index (χ2v) is 4.67. The number of rotatable bonds is 4. The molecule has 0 saturated carbocycles. The number of nitrogens with one attached hydrogen (secondary N) is 1. The monoisotopic (exact) mass is 216 g/mol. The van der Waals surface area contributed by atoms with Crippen LogP contribution in [0.1, 0.15) is 34.6 Å². The van der Waals surface area contributed by atoms with Crippen molar-refractivity contribution in [1.29, 1.82) is 0 Å². The summed E-state index contributed by atoms with van der Waals surface area (Å²) in [5, 5.41) is 3.05. The van der Waals surface area contributed by atoms with E-state index in [-0.39, 0.29) is 12.1 Å². The number of carbonyl (C=O) groups excluding carboxylic acids is 1. The van der Waals surface area contributed by atoms with Crippen LogP contribution in [-0.4, -0.2) is 42.8 Å². The lowest BCUT2D eigenvalue weighted by Gasteiger charge is -2.30. The maximum atomic E-state index is 11.8. The van der Waals surface area contributed by atoms with E-state index < -0.39 is 5.60 Å². The fraction of sp³-hybridized carbons (Fsp3) is 0.909. The van der Waals surface area contributed by atoms with Gasteiger partial charge in [-0.15, -0.1) is 0 Å². The van der Waals surface area contributed by atoms with Gasteiger partial charge in [-0.3, -0.25) is 0 Å². The standard InChI is InChI=1S/C11H24N2O2/c1-7-13(9(2)8-12-6)10(14)15-11(3,4)5/h9,12H,7-8H2,1-6H3/t9-/m0/s1. The van der Waals surface area contributed by atoms with E-state index in [1.54, 1.807) is 4.90 Å². The van der Waals surface area contributed by atoms with Crippen molar-refractivity contribution >= 4 is 6.09 Å². The molecule has 0 aliphatic carbocycles. The first-order chi connectivity index (χ1) is 6.81. The third kappa shape index (κ3) is 5.62. The van der Waals surface area contributed by atoms with Crippen LogP contribution >= 0.6 is 0 Å².